The van der Waals surface area contributed by atoms with Gasteiger partial charge in [-0.3, -0.25) is 9.69 Å². The highest BCUT2D eigenvalue weighted by Crippen LogP contribution is 2.19. The largest absolute Gasteiger partial charge is 0.392 e. The molecule has 2 aliphatic heterocycles. The van der Waals surface area contributed by atoms with Crippen LogP contribution in [0.2, 0.25) is 0 Å². The maximum absolute atomic E-state index is 12.0. The highest BCUT2D eigenvalue weighted by molar-refractivity contribution is 5.81. The van der Waals surface area contributed by atoms with E-state index in [2.05, 4.69) is 22.5 Å². The standard InChI is InChI=1S/C15H29N3O2/c1-11(12(2)19)18-8-4-5-13(10-18)9-17-15(20)14-6-3-7-16-14/h11-14,16,19H,3-10H2,1-2H3,(H,17,20). The zero-order valence-electron chi connectivity index (χ0n) is 12.8. The van der Waals surface area contributed by atoms with Crippen LogP contribution in [0, 0.1) is 5.92 Å². The lowest BCUT2D eigenvalue weighted by Crippen LogP contribution is -2.49. The number of aliphatic hydroxyl groups is 1. The maximum Gasteiger partial charge on any atom is 0.237 e. The number of aliphatic hydroxyl groups excluding tert-OH is 1. The number of carbonyl (C=O) groups is 1. The number of likely N-dealkylation sites (tertiary alicyclic amines) is 1. The molecular formula is C15H29N3O2. The molecule has 4 atom stereocenters. The van der Waals surface area contributed by atoms with E-state index in [4.69, 9.17) is 0 Å². The highest BCUT2D eigenvalue weighted by Gasteiger charge is 2.27. The molecule has 0 aromatic heterocycles. The Balaban J connectivity index is 1.73. The highest BCUT2D eigenvalue weighted by atomic mass is 16.3. The van der Waals surface area contributed by atoms with E-state index in [0.717, 1.165) is 45.4 Å². The van der Waals surface area contributed by atoms with Gasteiger partial charge >= 0.3 is 0 Å². The minimum absolute atomic E-state index is 0.0195. The van der Waals surface area contributed by atoms with Crippen molar-refractivity contribution in [2.45, 2.75) is 57.7 Å². The number of hydrogen-bond acceptors (Lipinski definition) is 4. The molecule has 2 fully saturated rings. The predicted octanol–water partition coefficient (Wildman–Crippen LogP) is 0.336. The van der Waals surface area contributed by atoms with Gasteiger partial charge < -0.3 is 15.7 Å². The van der Waals surface area contributed by atoms with Crippen molar-refractivity contribution in [2.75, 3.05) is 26.2 Å². The monoisotopic (exact) mass is 283 g/mol. The first-order valence-corrected chi connectivity index (χ1v) is 8.01. The molecule has 0 saturated carbocycles. The summed E-state index contributed by atoms with van der Waals surface area (Å²) < 4.78 is 0. The molecule has 2 saturated heterocycles. The van der Waals surface area contributed by atoms with Crippen LogP contribution in [0.5, 0.6) is 0 Å². The van der Waals surface area contributed by atoms with Crippen LogP contribution in [0.4, 0.5) is 0 Å². The Morgan fingerprint density at radius 3 is 2.85 bits per heavy atom. The SMILES string of the molecule is CC(O)C(C)N1CCCC(CNC(=O)C2CCCN2)C1. The summed E-state index contributed by atoms with van der Waals surface area (Å²) in [6, 6.07) is 0.219. The summed E-state index contributed by atoms with van der Waals surface area (Å²) in [5.41, 5.74) is 0. The fourth-order valence-electron chi connectivity index (χ4n) is 3.22. The van der Waals surface area contributed by atoms with Crippen molar-refractivity contribution >= 4 is 5.91 Å². The lowest BCUT2D eigenvalue weighted by molar-refractivity contribution is -0.123. The number of nitrogens with zero attached hydrogens (tertiary/aromatic N) is 1. The first-order valence-electron chi connectivity index (χ1n) is 8.01. The average Bonchev–Trinajstić information content (AvgIpc) is 2.98. The van der Waals surface area contributed by atoms with Crippen LogP contribution >= 0.6 is 0 Å². The molecule has 1 amide bonds. The van der Waals surface area contributed by atoms with Gasteiger partial charge in [-0.25, -0.2) is 0 Å². The van der Waals surface area contributed by atoms with Gasteiger partial charge in [0.05, 0.1) is 12.1 Å². The Kier molecular flexibility index (Phi) is 5.81. The third kappa shape index (κ3) is 4.17. The molecule has 2 heterocycles. The summed E-state index contributed by atoms with van der Waals surface area (Å²) in [6.07, 6.45) is 4.08. The molecule has 2 rings (SSSR count). The van der Waals surface area contributed by atoms with Crippen molar-refractivity contribution < 1.29 is 9.90 Å². The number of nitrogens with one attached hydrogen (secondary N) is 2. The van der Waals surface area contributed by atoms with Crippen molar-refractivity contribution in [3.05, 3.63) is 0 Å². The fraction of sp³-hybridized carbons (Fsp3) is 0.933. The van der Waals surface area contributed by atoms with Gasteiger partial charge in [0.1, 0.15) is 0 Å². The van der Waals surface area contributed by atoms with Crippen molar-refractivity contribution in [3.8, 4) is 0 Å². The molecule has 0 radical (unpaired) electrons. The number of carbonyl (C=O) groups excluding carboxylic acids is 1. The predicted molar refractivity (Wildman–Crippen MR) is 79.5 cm³/mol. The number of amides is 1. The lowest BCUT2D eigenvalue weighted by atomic mass is 9.96. The molecule has 4 unspecified atom stereocenters. The van der Waals surface area contributed by atoms with E-state index in [1.807, 2.05) is 6.92 Å². The van der Waals surface area contributed by atoms with E-state index >= 15 is 0 Å². The minimum atomic E-state index is -0.300. The minimum Gasteiger partial charge on any atom is -0.392 e. The van der Waals surface area contributed by atoms with E-state index in [1.165, 1.54) is 6.42 Å². The van der Waals surface area contributed by atoms with Crippen molar-refractivity contribution in [1.82, 2.24) is 15.5 Å². The van der Waals surface area contributed by atoms with Gasteiger partial charge in [0, 0.05) is 19.1 Å². The third-order valence-electron chi connectivity index (χ3n) is 4.77. The second-order valence-corrected chi connectivity index (χ2v) is 6.38. The van der Waals surface area contributed by atoms with Gasteiger partial charge in [-0.2, -0.15) is 0 Å². The molecule has 0 spiro atoms. The molecular weight excluding hydrogens is 254 g/mol. The molecule has 0 aliphatic carbocycles. The second-order valence-electron chi connectivity index (χ2n) is 6.38. The van der Waals surface area contributed by atoms with Gasteiger partial charge in [-0.15, -0.1) is 0 Å². The summed E-state index contributed by atoms with van der Waals surface area (Å²) in [5.74, 6) is 0.665. The van der Waals surface area contributed by atoms with E-state index < -0.39 is 0 Å². The van der Waals surface area contributed by atoms with E-state index in [-0.39, 0.29) is 24.1 Å². The van der Waals surface area contributed by atoms with Crippen molar-refractivity contribution in [1.29, 1.82) is 0 Å². The van der Waals surface area contributed by atoms with Crippen LogP contribution in [0.25, 0.3) is 0 Å². The van der Waals surface area contributed by atoms with E-state index in [1.54, 1.807) is 0 Å². The smallest absolute Gasteiger partial charge is 0.237 e. The fourth-order valence-corrected chi connectivity index (χ4v) is 3.22. The molecule has 5 nitrogen and oxygen atoms in total. The van der Waals surface area contributed by atoms with Gasteiger partial charge in [-0.1, -0.05) is 0 Å². The number of piperidine rings is 1. The van der Waals surface area contributed by atoms with Gasteiger partial charge in [-0.05, 0) is 58.5 Å². The van der Waals surface area contributed by atoms with Gasteiger partial charge in [0.2, 0.25) is 5.91 Å². The summed E-state index contributed by atoms with van der Waals surface area (Å²) >= 11 is 0. The number of hydrogen-bond donors (Lipinski definition) is 3. The normalized spacial score (nSPS) is 30.9. The topological polar surface area (TPSA) is 64.6 Å². The molecule has 2 aliphatic rings. The van der Waals surface area contributed by atoms with E-state index in [0.29, 0.717) is 5.92 Å². The van der Waals surface area contributed by atoms with Crippen molar-refractivity contribution in [2.24, 2.45) is 5.92 Å². The quantitative estimate of drug-likeness (QED) is 0.681. The van der Waals surface area contributed by atoms with Gasteiger partial charge in [0.25, 0.3) is 0 Å². The molecule has 116 valence electrons. The molecule has 20 heavy (non-hydrogen) atoms. The summed E-state index contributed by atoms with van der Waals surface area (Å²) in [7, 11) is 0. The van der Waals surface area contributed by atoms with Crippen LogP contribution in [0.1, 0.15) is 39.5 Å². The first kappa shape index (κ1) is 15.7. The molecule has 5 heteroatoms. The van der Waals surface area contributed by atoms with Crippen molar-refractivity contribution in [3.63, 3.8) is 0 Å². The summed E-state index contributed by atoms with van der Waals surface area (Å²) in [5, 5.41) is 16.0. The first-order chi connectivity index (χ1) is 9.58. The molecule has 3 N–H and O–H groups in total. The Bertz CT molecular complexity index is 316. The summed E-state index contributed by atoms with van der Waals surface area (Å²) in [4.78, 5) is 14.3. The van der Waals surface area contributed by atoms with Gasteiger partial charge in [0.15, 0.2) is 0 Å². The Morgan fingerprint density at radius 2 is 2.20 bits per heavy atom. The zero-order chi connectivity index (χ0) is 14.5. The van der Waals surface area contributed by atoms with Crippen LogP contribution in [0.15, 0.2) is 0 Å². The zero-order valence-corrected chi connectivity index (χ0v) is 12.8. The van der Waals surface area contributed by atoms with E-state index in [9.17, 15) is 9.90 Å². The summed E-state index contributed by atoms with van der Waals surface area (Å²) in [6.45, 7) is 7.68. The third-order valence-corrected chi connectivity index (χ3v) is 4.77. The van der Waals surface area contributed by atoms with Crippen LogP contribution in [-0.2, 0) is 4.79 Å². The Labute approximate surface area is 122 Å². The Morgan fingerprint density at radius 1 is 1.40 bits per heavy atom. The molecule has 0 bridgehead atoms. The van der Waals surface area contributed by atoms with Crippen LogP contribution in [0.3, 0.4) is 0 Å². The molecule has 0 aromatic rings. The number of rotatable bonds is 5. The molecule has 0 aromatic carbocycles. The van der Waals surface area contributed by atoms with Crippen LogP contribution in [-0.4, -0.2) is 60.3 Å². The van der Waals surface area contributed by atoms with Crippen LogP contribution < -0.4 is 10.6 Å². The maximum atomic E-state index is 12.0. The average molecular weight is 283 g/mol. The Hall–Kier alpha value is -0.650. The lowest BCUT2D eigenvalue weighted by Gasteiger charge is -2.38. The second kappa shape index (κ2) is 7.38.